The first-order chi connectivity index (χ1) is 6.75. The molecule has 2 heteroatoms. The third-order valence-corrected chi connectivity index (χ3v) is 3.37. The highest BCUT2D eigenvalue weighted by Gasteiger charge is 2.22. The van der Waals surface area contributed by atoms with E-state index in [1.807, 2.05) is 0 Å². The molecule has 0 aliphatic heterocycles. The maximum Gasteiger partial charge on any atom is 0.0120 e. The zero-order valence-electron chi connectivity index (χ0n) is 8.60. The second kappa shape index (κ2) is 4.28. The van der Waals surface area contributed by atoms with Crippen LogP contribution in [0.3, 0.4) is 0 Å². The predicted molar refractivity (Wildman–Crippen MR) is 59.7 cm³/mol. The fraction of sp³-hybridized carbons (Fsp3) is 0.667. The van der Waals surface area contributed by atoms with Crippen molar-refractivity contribution in [3.63, 3.8) is 0 Å². The van der Waals surface area contributed by atoms with Gasteiger partial charge in [0.1, 0.15) is 0 Å². The summed E-state index contributed by atoms with van der Waals surface area (Å²) in [5.74, 6) is 1.33. The van der Waals surface area contributed by atoms with Gasteiger partial charge >= 0.3 is 0 Å². The fourth-order valence-corrected chi connectivity index (χ4v) is 2.12. The molecule has 14 heavy (non-hydrogen) atoms. The Morgan fingerprint density at radius 3 is 2.21 bits per heavy atom. The minimum Gasteiger partial charge on any atom is -0.328 e. The van der Waals surface area contributed by atoms with Crippen LogP contribution in [0, 0.1) is 11.8 Å². The first-order valence-electron chi connectivity index (χ1n) is 5.60. The van der Waals surface area contributed by atoms with Crippen LogP contribution >= 0.6 is 0 Å². The van der Waals surface area contributed by atoms with Gasteiger partial charge in [-0.25, -0.2) is 0 Å². The molecule has 4 N–H and O–H groups in total. The molecule has 0 saturated heterocycles. The highest BCUT2D eigenvalue weighted by Crippen LogP contribution is 2.26. The van der Waals surface area contributed by atoms with Gasteiger partial charge in [0.05, 0.1) is 0 Å². The molecule has 0 heterocycles. The highest BCUT2D eigenvalue weighted by atomic mass is 14.7. The maximum absolute atomic E-state index is 6.07. The molecule has 0 radical (unpaired) electrons. The van der Waals surface area contributed by atoms with Crippen LogP contribution in [0.2, 0.25) is 0 Å². The van der Waals surface area contributed by atoms with Crippen LogP contribution in [0.15, 0.2) is 24.3 Å². The highest BCUT2D eigenvalue weighted by molar-refractivity contribution is 5.07. The lowest BCUT2D eigenvalue weighted by molar-refractivity contribution is 0.377. The monoisotopic (exact) mass is 192 g/mol. The predicted octanol–water partition coefficient (Wildman–Crippen LogP) is 1.57. The van der Waals surface area contributed by atoms with E-state index in [0.29, 0.717) is 5.92 Å². The molecule has 0 aromatic heterocycles. The second-order valence-corrected chi connectivity index (χ2v) is 4.65. The fourth-order valence-electron chi connectivity index (χ4n) is 2.12. The third-order valence-electron chi connectivity index (χ3n) is 3.37. The molecule has 0 amide bonds. The molecular formula is C12H20N2. The molecule has 78 valence electrons. The van der Waals surface area contributed by atoms with E-state index in [0.717, 1.165) is 25.2 Å². The van der Waals surface area contributed by atoms with Crippen LogP contribution in [0.1, 0.15) is 25.7 Å². The topological polar surface area (TPSA) is 52.0 Å². The molecule has 0 spiro atoms. The van der Waals surface area contributed by atoms with Crippen LogP contribution in [-0.4, -0.2) is 12.1 Å². The summed E-state index contributed by atoms with van der Waals surface area (Å²) >= 11 is 0. The van der Waals surface area contributed by atoms with Gasteiger partial charge in [-0.05, 0) is 37.5 Å². The van der Waals surface area contributed by atoms with Gasteiger partial charge in [0.15, 0.2) is 0 Å². The van der Waals surface area contributed by atoms with E-state index in [1.54, 1.807) is 0 Å². The van der Waals surface area contributed by atoms with Crippen LogP contribution in [-0.2, 0) is 0 Å². The molecule has 4 unspecified atom stereocenters. The van der Waals surface area contributed by atoms with Crippen molar-refractivity contribution < 1.29 is 0 Å². The van der Waals surface area contributed by atoms with Crippen LogP contribution < -0.4 is 11.5 Å². The Morgan fingerprint density at radius 2 is 1.79 bits per heavy atom. The van der Waals surface area contributed by atoms with E-state index >= 15 is 0 Å². The maximum atomic E-state index is 6.07. The second-order valence-electron chi connectivity index (χ2n) is 4.65. The molecule has 2 rings (SSSR count). The van der Waals surface area contributed by atoms with Crippen LogP contribution in [0.5, 0.6) is 0 Å². The van der Waals surface area contributed by atoms with Gasteiger partial charge in [-0.2, -0.15) is 0 Å². The first-order valence-corrected chi connectivity index (χ1v) is 5.60. The lowest BCUT2D eigenvalue weighted by Gasteiger charge is -2.29. The molecular weight excluding hydrogens is 172 g/mol. The molecule has 0 fully saturated rings. The van der Waals surface area contributed by atoms with E-state index in [-0.39, 0.29) is 12.1 Å². The van der Waals surface area contributed by atoms with Crippen LogP contribution in [0.25, 0.3) is 0 Å². The van der Waals surface area contributed by atoms with Gasteiger partial charge in [-0.3, -0.25) is 0 Å². The summed E-state index contributed by atoms with van der Waals surface area (Å²) in [4.78, 5) is 0. The minimum atomic E-state index is 0.277. The summed E-state index contributed by atoms with van der Waals surface area (Å²) in [7, 11) is 0. The lowest BCUT2D eigenvalue weighted by Crippen LogP contribution is -2.38. The molecule has 2 aliphatic carbocycles. The first kappa shape index (κ1) is 9.94. The quantitative estimate of drug-likeness (QED) is 0.650. The summed E-state index contributed by atoms with van der Waals surface area (Å²) in [6.45, 7) is 0. The Balaban J connectivity index is 1.67. The van der Waals surface area contributed by atoms with E-state index in [2.05, 4.69) is 24.3 Å². The summed E-state index contributed by atoms with van der Waals surface area (Å²) in [6, 6.07) is 0.563. The number of rotatable bonds is 5. The Labute approximate surface area is 86.0 Å². The number of nitrogens with two attached hydrogens (primary N) is 2. The van der Waals surface area contributed by atoms with Gasteiger partial charge in [-0.1, -0.05) is 24.3 Å². The van der Waals surface area contributed by atoms with Gasteiger partial charge < -0.3 is 11.5 Å². The number of hydrogen-bond acceptors (Lipinski definition) is 2. The van der Waals surface area contributed by atoms with E-state index < -0.39 is 0 Å². The average Bonchev–Trinajstić information content (AvgIpc) is 1.93. The zero-order valence-corrected chi connectivity index (χ0v) is 8.60. The summed E-state index contributed by atoms with van der Waals surface area (Å²) in [6.07, 6.45) is 13.3. The smallest absolute Gasteiger partial charge is 0.0120 e. The summed E-state index contributed by atoms with van der Waals surface area (Å²) < 4.78 is 0. The summed E-state index contributed by atoms with van der Waals surface area (Å²) in [5.41, 5.74) is 12.1. The van der Waals surface area contributed by atoms with Crippen molar-refractivity contribution in [3.8, 4) is 0 Å². The van der Waals surface area contributed by atoms with Gasteiger partial charge in [0.2, 0.25) is 0 Å². The lowest BCUT2D eigenvalue weighted by atomic mass is 9.82. The van der Waals surface area contributed by atoms with Crippen molar-refractivity contribution >= 4 is 0 Å². The Morgan fingerprint density at radius 1 is 1.14 bits per heavy atom. The van der Waals surface area contributed by atoms with Crippen molar-refractivity contribution in [3.05, 3.63) is 24.3 Å². The molecule has 4 atom stereocenters. The molecule has 0 saturated carbocycles. The molecule has 0 aromatic rings. The van der Waals surface area contributed by atoms with Gasteiger partial charge in [0, 0.05) is 12.1 Å². The van der Waals surface area contributed by atoms with Crippen molar-refractivity contribution in [2.75, 3.05) is 0 Å². The molecule has 0 bridgehead atoms. The number of allylic oxidation sites excluding steroid dienone is 3. The molecule has 2 aliphatic rings. The van der Waals surface area contributed by atoms with E-state index in [1.165, 1.54) is 6.42 Å². The Kier molecular flexibility index (Phi) is 3.04. The largest absolute Gasteiger partial charge is 0.328 e. The SMILES string of the molecule is NC(CC1C=CC1)CC(N)C1C=CC1. The van der Waals surface area contributed by atoms with Crippen LogP contribution in [0.4, 0.5) is 0 Å². The third kappa shape index (κ3) is 2.25. The van der Waals surface area contributed by atoms with E-state index in [9.17, 15) is 0 Å². The summed E-state index contributed by atoms with van der Waals surface area (Å²) in [5, 5.41) is 0. The van der Waals surface area contributed by atoms with Crippen molar-refractivity contribution in [1.82, 2.24) is 0 Å². The normalized spacial score (nSPS) is 33.3. The molecule has 2 nitrogen and oxygen atoms in total. The van der Waals surface area contributed by atoms with Crippen molar-refractivity contribution in [2.45, 2.75) is 37.8 Å². The van der Waals surface area contributed by atoms with E-state index in [4.69, 9.17) is 11.5 Å². The van der Waals surface area contributed by atoms with Crippen molar-refractivity contribution in [1.29, 1.82) is 0 Å². The minimum absolute atomic E-state index is 0.277. The standard InChI is InChI=1S/C12H20N2/c13-11(7-9-3-1-4-9)8-12(14)10-5-2-6-10/h1-3,5,9-12H,4,6-8,13-14H2. The van der Waals surface area contributed by atoms with Gasteiger partial charge in [-0.15, -0.1) is 0 Å². The zero-order chi connectivity index (χ0) is 9.97. The van der Waals surface area contributed by atoms with Gasteiger partial charge in [0.25, 0.3) is 0 Å². The average molecular weight is 192 g/mol. The Bertz CT molecular complexity index is 245. The van der Waals surface area contributed by atoms with Crippen molar-refractivity contribution in [2.24, 2.45) is 23.3 Å². The molecule has 0 aromatic carbocycles. The Hall–Kier alpha value is -0.600. The number of hydrogen-bond donors (Lipinski definition) is 2.